The first kappa shape index (κ1) is 15.0. The molecular weight excluding hydrogens is 290 g/mol. The van der Waals surface area contributed by atoms with Gasteiger partial charge in [-0.25, -0.2) is 4.68 Å². The average molecular weight is 307 g/mol. The monoisotopic (exact) mass is 307 g/mol. The summed E-state index contributed by atoms with van der Waals surface area (Å²) in [6, 6.07) is 16.5. The van der Waals surface area contributed by atoms with Crippen molar-refractivity contribution < 1.29 is 9.90 Å². The Hall–Kier alpha value is -2.95. The number of nitrogens with zero attached hydrogens (tertiary/aromatic N) is 3. The minimum Gasteiger partial charge on any atom is -0.507 e. The summed E-state index contributed by atoms with van der Waals surface area (Å²) in [4.78, 5) is 12.2. The van der Waals surface area contributed by atoms with E-state index in [4.69, 9.17) is 0 Å². The Bertz CT molecular complexity index is 853. The fourth-order valence-electron chi connectivity index (χ4n) is 2.49. The van der Waals surface area contributed by atoms with E-state index in [0.29, 0.717) is 5.56 Å². The van der Waals surface area contributed by atoms with Gasteiger partial charge in [-0.2, -0.15) is 0 Å². The number of hydrogen-bond acceptors (Lipinski definition) is 4. The SMILES string of the molecule is CC(CC(=O)/C=C(\O)c1ccccc1)n1nnc2ccccc21. The predicted molar refractivity (Wildman–Crippen MR) is 88.9 cm³/mol. The third-order valence-electron chi connectivity index (χ3n) is 3.66. The van der Waals surface area contributed by atoms with E-state index >= 15 is 0 Å². The van der Waals surface area contributed by atoms with E-state index in [9.17, 15) is 9.90 Å². The maximum atomic E-state index is 12.2. The van der Waals surface area contributed by atoms with Crippen molar-refractivity contribution in [3.63, 3.8) is 0 Å². The van der Waals surface area contributed by atoms with Crippen molar-refractivity contribution in [3.8, 4) is 0 Å². The van der Waals surface area contributed by atoms with E-state index in [2.05, 4.69) is 10.3 Å². The van der Waals surface area contributed by atoms with Crippen LogP contribution in [0.2, 0.25) is 0 Å². The second-order valence-corrected chi connectivity index (χ2v) is 5.44. The van der Waals surface area contributed by atoms with Gasteiger partial charge in [0, 0.05) is 18.1 Å². The first-order valence-electron chi connectivity index (χ1n) is 7.44. The van der Waals surface area contributed by atoms with Gasteiger partial charge < -0.3 is 5.11 Å². The van der Waals surface area contributed by atoms with Gasteiger partial charge in [0.15, 0.2) is 5.78 Å². The van der Waals surface area contributed by atoms with E-state index in [1.54, 1.807) is 16.8 Å². The Morgan fingerprint density at radius 3 is 2.65 bits per heavy atom. The number of fused-ring (bicyclic) bond motifs is 1. The van der Waals surface area contributed by atoms with E-state index in [1.807, 2.05) is 49.4 Å². The number of carbonyl (C=O) groups excluding carboxylic acids is 1. The highest BCUT2D eigenvalue weighted by Crippen LogP contribution is 2.19. The molecule has 5 heteroatoms. The molecule has 1 atom stereocenters. The number of para-hydroxylation sites is 1. The van der Waals surface area contributed by atoms with Gasteiger partial charge in [0.2, 0.25) is 0 Å². The molecule has 1 aromatic heterocycles. The van der Waals surface area contributed by atoms with Crippen LogP contribution in [0.4, 0.5) is 0 Å². The number of rotatable bonds is 5. The zero-order chi connectivity index (χ0) is 16.2. The maximum absolute atomic E-state index is 12.2. The van der Waals surface area contributed by atoms with Crippen molar-refractivity contribution in [1.82, 2.24) is 15.0 Å². The van der Waals surface area contributed by atoms with Crippen LogP contribution in [-0.2, 0) is 4.79 Å². The highest BCUT2D eigenvalue weighted by atomic mass is 16.3. The number of hydrogen-bond donors (Lipinski definition) is 1. The molecule has 0 aliphatic rings. The van der Waals surface area contributed by atoms with Crippen LogP contribution < -0.4 is 0 Å². The molecule has 0 aliphatic heterocycles. The predicted octanol–water partition coefficient (Wildman–Crippen LogP) is 3.55. The molecule has 0 saturated carbocycles. The molecule has 0 radical (unpaired) electrons. The summed E-state index contributed by atoms with van der Waals surface area (Å²) in [7, 11) is 0. The largest absolute Gasteiger partial charge is 0.507 e. The second-order valence-electron chi connectivity index (χ2n) is 5.44. The van der Waals surface area contributed by atoms with Crippen LogP contribution in [0.5, 0.6) is 0 Å². The van der Waals surface area contributed by atoms with Crippen molar-refractivity contribution in [3.05, 3.63) is 66.2 Å². The lowest BCUT2D eigenvalue weighted by atomic mass is 10.1. The lowest BCUT2D eigenvalue weighted by molar-refractivity contribution is -0.115. The molecule has 1 unspecified atom stereocenters. The Morgan fingerprint density at radius 2 is 1.87 bits per heavy atom. The minimum atomic E-state index is -0.154. The summed E-state index contributed by atoms with van der Waals surface area (Å²) in [5.74, 6) is -0.176. The van der Waals surface area contributed by atoms with Gasteiger partial charge in [0.05, 0.1) is 11.6 Å². The number of allylic oxidation sites excluding steroid dienone is 1. The van der Waals surface area contributed by atoms with Crippen molar-refractivity contribution in [1.29, 1.82) is 0 Å². The molecule has 116 valence electrons. The molecule has 0 fully saturated rings. The van der Waals surface area contributed by atoms with Crippen LogP contribution in [0.15, 0.2) is 60.7 Å². The van der Waals surface area contributed by atoms with Gasteiger partial charge in [0.25, 0.3) is 0 Å². The van der Waals surface area contributed by atoms with E-state index in [-0.39, 0.29) is 24.0 Å². The van der Waals surface area contributed by atoms with Gasteiger partial charge >= 0.3 is 0 Å². The second kappa shape index (κ2) is 6.44. The quantitative estimate of drug-likeness (QED) is 0.578. The molecule has 0 saturated heterocycles. The number of carbonyl (C=O) groups is 1. The standard InChI is InChI=1S/C18H17N3O2/c1-13(21-17-10-6-5-9-16(17)19-20-21)11-15(22)12-18(23)14-7-3-2-4-8-14/h2-10,12-13,23H,11H2,1H3/b18-12-. The molecule has 5 nitrogen and oxygen atoms in total. The molecule has 1 heterocycles. The van der Waals surface area contributed by atoms with Gasteiger partial charge in [-0.1, -0.05) is 47.7 Å². The average Bonchev–Trinajstić information content (AvgIpc) is 2.99. The van der Waals surface area contributed by atoms with Crippen LogP contribution >= 0.6 is 0 Å². The van der Waals surface area contributed by atoms with Crippen molar-refractivity contribution in [2.24, 2.45) is 0 Å². The van der Waals surface area contributed by atoms with E-state index in [1.165, 1.54) is 6.08 Å². The summed E-state index contributed by atoms with van der Waals surface area (Å²) in [5, 5.41) is 18.2. The van der Waals surface area contributed by atoms with Crippen LogP contribution in [-0.4, -0.2) is 25.9 Å². The number of ketones is 1. The van der Waals surface area contributed by atoms with Crippen molar-refractivity contribution in [2.75, 3.05) is 0 Å². The Kier molecular flexibility index (Phi) is 4.19. The third kappa shape index (κ3) is 3.29. The number of aliphatic hydroxyl groups is 1. The summed E-state index contributed by atoms with van der Waals surface area (Å²) in [6.45, 7) is 1.91. The molecule has 0 aliphatic carbocycles. The Balaban J connectivity index is 1.75. The Labute approximate surface area is 133 Å². The summed E-state index contributed by atoms with van der Waals surface area (Å²) in [5.41, 5.74) is 2.32. The molecule has 0 amide bonds. The van der Waals surface area contributed by atoms with Gasteiger partial charge in [-0.15, -0.1) is 5.10 Å². The number of benzene rings is 2. The van der Waals surface area contributed by atoms with E-state index in [0.717, 1.165) is 11.0 Å². The molecular formula is C18H17N3O2. The summed E-state index contributed by atoms with van der Waals surface area (Å²) in [6.07, 6.45) is 1.51. The molecule has 0 spiro atoms. The van der Waals surface area contributed by atoms with E-state index < -0.39 is 0 Å². The van der Waals surface area contributed by atoms with Crippen LogP contribution in [0.3, 0.4) is 0 Å². The molecule has 1 N–H and O–H groups in total. The molecule has 0 bridgehead atoms. The summed E-state index contributed by atoms with van der Waals surface area (Å²) >= 11 is 0. The normalized spacial score (nSPS) is 13.2. The van der Waals surface area contributed by atoms with Crippen molar-refractivity contribution >= 4 is 22.6 Å². The highest BCUT2D eigenvalue weighted by Gasteiger charge is 2.14. The lowest BCUT2D eigenvalue weighted by Crippen LogP contribution is -2.11. The fourth-order valence-corrected chi connectivity index (χ4v) is 2.49. The zero-order valence-electron chi connectivity index (χ0n) is 12.8. The van der Waals surface area contributed by atoms with Gasteiger partial charge in [-0.3, -0.25) is 4.79 Å². The zero-order valence-corrected chi connectivity index (χ0v) is 12.8. The fraction of sp³-hybridized carbons (Fsp3) is 0.167. The first-order valence-corrected chi connectivity index (χ1v) is 7.44. The lowest BCUT2D eigenvalue weighted by Gasteiger charge is -2.10. The molecule has 3 aromatic rings. The number of aromatic nitrogens is 3. The van der Waals surface area contributed by atoms with Crippen LogP contribution in [0.1, 0.15) is 24.9 Å². The first-order chi connectivity index (χ1) is 11.1. The molecule has 23 heavy (non-hydrogen) atoms. The molecule has 2 aromatic carbocycles. The third-order valence-corrected chi connectivity index (χ3v) is 3.66. The highest BCUT2D eigenvalue weighted by molar-refractivity contribution is 5.95. The smallest absolute Gasteiger partial charge is 0.161 e. The minimum absolute atomic E-state index is 0.0220. The molecule has 3 rings (SSSR count). The summed E-state index contributed by atoms with van der Waals surface area (Å²) < 4.78 is 1.74. The van der Waals surface area contributed by atoms with Crippen LogP contribution in [0.25, 0.3) is 16.8 Å². The van der Waals surface area contributed by atoms with Gasteiger partial charge in [-0.05, 0) is 19.1 Å². The van der Waals surface area contributed by atoms with Crippen LogP contribution in [0, 0.1) is 0 Å². The number of aliphatic hydroxyl groups excluding tert-OH is 1. The van der Waals surface area contributed by atoms with Gasteiger partial charge in [0.1, 0.15) is 11.3 Å². The maximum Gasteiger partial charge on any atom is 0.161 e. The topological polar surface area (TPSA) is 68.0 Å². The van der Waals surface area contributed by atoms with Crippen molar-refractivity contribution in [2.45, 2.75) is 19.4 Å². The Morgan fingerprint density at radius 1 is 1.17 bits per heavy atom.